The molecule has 8 heteroatoms. The minimum Gasteiger partial charge on any atom is -0.497 e. The fourth-order valence-corrected chi connectivity index (χ4v) is 3.32. The van der Waals surface area contributed by atoms with E-state index in [1.807, 2.05) is 26.0 Å². The third-order valence-electron chi connectivity index (χ3n) is 5.01. The predicted octanol–water partition coefficient (Wildman–Crippen LogP) is 2.39. The van der Waals surface area contributed by atoms with Crippen molar-refractivity contribution in [1.29, 1.82) is 0 Å². The molecule has 0 bridgehead atoms. The fraction of sp³-hybridized carbons (Fsp3) is 0.619. The summed E-state index contributed by atoms with van der Waals surface area (Å²) < 4.78 is 5.29. The number of halogens is 1. The molecular formula is C21H36IN5O2. The van der Waals surface area contributed by atoms with Crippen LogP contribution in [0.1, 0.15) is 38.3 Å². The van der Waals surface area contributed by atoms with Crippen LogP contribution in [0.25, 0.3) is 0 Å². The molecule has 1 atom stereocenters. The molecule has 164 valence electrons. The number of ether oxygens (including phenoxy) is 1. The van der Waals surface area contributed by atoms with Gasteiger partial charge in [0.15, 0.2) is 5.96 Å². The van der Waals surface area contributed by atoms with Crippen LogP contribution in [0.15, 0.2) is 29.3 Å². The maximum Gasteiger partial charge on any atom is 0.222 e. The van der Waals surface area contributed by atoms with E-state index in [0.29, 0.717) is 13.1 Å². The van der Waals surface area contributed by atoms with Gasteiger partial charge in [-0.25, -0.2) is 0 Å². The zero-order valence-electron chi connectivity index (χ0n) is 18.0. The third kappa shape index (κ3) is 8.38. The number of guanidine groups is 1. The number of hydrogen-bond donors (Lipinski definition) is 3. The summed E-state index contributed by atoms with van der Waals surface area (Å²) >= 11 is 0. The lowest BCUT2D eigenvalue weighted by Gasteiger charge is -2.29. The van der Waals surface area contributed by atoms with Gasteiger partial charge in [0.1, 0.15) is 5.75 Å². The number of benzene rings is 1. The molecule has 0 aliphatic carbocycles. The Morgan fingerprint density at radius 2 is 1.72 bits per heavy atom. The largest absolute Gasteiger partial charge is 0.497 e. The smallest absolute Gasteiger partial charge is 0.222 e. The molecule has 0 aromatic heterocycles. The first-order valence-corrected chi connectivity index (χ1v) is 10.2. The Labute approximate surface area is 192 Å². The predicted molar refractivity (Wildman–Crippen MR) is 129 cm³/mol. The highest BCUT2D eigenvalue weighted by atomic mass is 127. The maximum atomic E-state index is 11.6. The highest BCUT2D eigenvalue weighted by molar-refractivity contribution is 14.0. The molecule has 1 amide bonds. The van der Waals surface area contributed by atoms with Gasteiger partial charge in [-0.1, -0.05) is 26.0 Å². The van der Waals surface area contributed by atoms with Crippen LogP contribution in [0.2, 0.25) is 0 Å². The van der Waals surface area contributed by atoms with Gasteiger partial charge in [0.25, 0.3) is 0 Å². The quantitative estimate of drug-likeness (QED) is 0.203. The molecule has 3 N–H and O–H groups in total. The van der Waals surface area contributed by atoms with Crippen molar-refractivity contribution in [2.45, 2.75) is 32.7 Å². The van der Waals surface area contributed by atoms with E-state index in [2.05, 4.69) is 38.0 Å². The number of carbonyl (C=O) groups is 1. The molecular weight excluding hydrogens is 481 g/mol. The average molecular weight is 517 g/mol. The molecule has 1 aromatic rings. The van der Waals surface area contributed by atoms with Crippen molar-refractivity contribution in [2.75, 3.05) is 46.9 Å². The normalized spacial score (nSPS) is 15.6. The zero-order valence-corrected chi connectivity index (χ0v) is 20.4. The molecule has 2 rings (SSSR count). The van der Waals surface area contributed by atoms with Crippen LogP contribution in [0.5, 0.6) is 5.75 Å². The number of carbonyl (C=O) groups excluding carboxylic acids is 1. The standard InChI is InChI=1S/C21H35N5O2.HI/c1-16(2)20(27)23-11-12-24-21(22-3)25-15-19(26-13-5-6-14-26)17-7-9-18(28-4)10-8-17;/h7-10,16,19H,5-6,11-15H2,1-4H3,(H,23,27)(H2,22,24,25);1H. The van der Waals surface area contributed by atoms with Gasteiger partial charge in [-0.15, -0.1) is 24.0 Å². The lowest BCUT2D eigenvalue weighted by atomic mass is 10.1. The number of rotatable bonds is 9. The van der Waals surface area contributed by atoms with Crippen LogP contribution in [-0.2, 0) is 4.79 Å². The summed E-state index contributed by atoms with van der Waals surface area (Å²) in [7, 11) is 3.45. The minimum absolute atomic E-state index is 0. The van der Waals surface area contributed by atoms with Crippen LogP contribution in [0.4, 0.5) is 0 Å². The first-order chi connectivity index (χ1) is 13.5. The number of nitrogens with zero attached hydrogens (tertiary/aromatic N) is 2. The SMILES string of the molecule is CN=C(NCCNC(=O)C(C)C)NCC(c1ccc(OC)cc1)N1CCCC1.I. The van der Waals surface area contributed by atoms with E-state index in [0.717, 1.165) is 31.3 Å². The summed E-state index contributed by atoms with van der Waals surface area (Å²) in [6, 6.07) is 8.60. The fourth-order valence-electron chi connectivity index (χ4n) is 3.32. The van der Waals surface area contributed by atoms with Crippen molar-refractivity contribution in [3.63, 3.8) is 0 Å². The van der Waals surface area contributed by atoms with E-state index in [9.17, 15) is 4.79 Å². The molecule has 1 saturated heterocycles. The van der Waals surface area contributed by atoms with Gasteiger partial charge in [-0.3, -0.25) is 14.7 Å². The molecule has 7 nitrogen and oxygen atoms in total. The van der Waals surface area contributed by atoms with Gasteiger partial charge in [-0.2, -0.15) is 0 Å². The van der Waals surface area contributed by atoms with Gasteiger partial charge >= 0.3 is 0 Å². The number of amides is 1. The molecule has 0 spiro atoms. The second-order valence-electron chi connectivity index (χ2n) is 7.36. The van der Waals surface area contributed by atoms with Crippen LogP contribution in [-0.4, -0.2) is 63.6 Å². The Morgan fingerprint density at radius 1 is 1.10 bits per heavy atom. The van der Waals surface area contributed by atoms with E-state index in [1.54, 1.807) is 14.2 Å². The molecule has 1 fully saturated rings. The summed E-state index contributed by atoms with van der Waals surface area (Å²) in [5.41, 5.74) is 1.27. The summed E-state index contributed by atoms with van der Waals surface area (Å²) in [5.74, 6) is 1.69. The Kier molecular flexibility index (Phi) is 12.0. The summed E-state index contributed by atoms with van der Waals surface area (Å²) in [6.45, 7) is 7.99. The summed E-state index contributed by atoms with van der Waals surface area (Å²) in [4.78, 5) is 18.4. The first-order valence-electron chi connectivity index (χ1n) is 10.2. The molecule has 1 heterocycles. The third-order valence-corrected chi connectivity index (χ3v) is 5.01. The van der Waals surface area contributed by atoms with Crippen molar-refractivity contribution < 1.29 is 9.53 Å². The van der Waals surface area contributed by atoms with E-state index >= 15 is 0 Å². The maximum absolute atomic E-state index is 11.6. The number of aliphatic imine (C=N–C) groups is 1. The molecule has 29 heavy (non-hydrogen) atoms. The minimum atomic E-state index is 0. The van der Waals surface area contributed by atoms with Gasteiger partial charge in [-0.05, 0) is 43.6 Å². The van der Waals surface area contributed by atoms with E-state index in [-0.39, 0.29) is 41.8 Å². The Hall–Kier alpha value is -1.55. The highest BCUT2D eigenvalue weighted by Gasteiger charge is 2.23. The number of hydrogen-bond acceptors (Lipinski definition) is 4. The lowest BCUT2D eigenvalue weighted by molar-refractivity contribution is -0.123. The van der Waals surface area contributed by atoms with E-state index in [1.165, 1.54) is 18.4 Å². The molecule has 1 aromatic carbocycles. The molecule has 1 aliphatic heterocycles. The van der Waals surface area contributed by atoms with Crippen molar-refractivity contribution in [2.24, 2.45) is 10.9 Å². The Balaban J connectivity index is 0.00000420. The molecule has 1 aliphatic rings. The van der Waals surface area contributed by atoms with Gasteiger partial charge in [0.2, 0.25) is 5.91 Å². The van der Waals surface area contributed by atoms with Crippen LogP contribution in [0.3, 0.4) is 0 Å². The van der Waals surface area contributed by atoms with Gasteiger partial charge in [0, 0.05) is 32.6 Å². The lowest BCUT2D eigenvalue weighted by Crippen LogP contribution is -2.45. The number of likely N-dealkylation sites (tertiary alicyclic amines) is 1. The molecule has 1 unspecified atom stereocenters. The number of methoxy groups -OCH3 is 1. The summed E-state index contributed by atoms with van der Waals surface area (Å²) in [6.07, 6.45) is 2.49. The van der Waals surface area contributed by atoms with Crippen LogP contribution < -0.4 is 20.7 Å². The van der Waals surface area contributed by atoms with Gasteiger partial charge < -0.3 is 20.7 Å². The summed E-state index contributed by atoms with van der Waals surface area (Å²) in [5, 5.41) is 9.61. The zero-order chi connectivity index (χ0) is 20.4. The first kappa shape index (κ1) is 25.5. The van der Waals surface area contributed by atoms with Crippen LogP contribution >= 0.6 is 24.0 Å². The van der Waals surface area contributed by atoms with E-state index in [4.69, 9.17) is 4.74 Å². The average Bonchev–Trinajstić information content (AvgIpc) is 3.24. The monoisotopic (exact) mass is 517 g/mol. The van der Waals surface area contributed by atoms with Crippen LogP contribution in [0, 0.1) is 5.92 Å². The van der Waals surface area contributed by atoms with Crippen molar-refractivity contribution >= 4 is 35.8 Å². The second kappa shape index (κ2) is 13.6. The van der Waals surface area contributed by atoms with Crippen molar-refractivity contribution in [3.05, 3.63) is 29.8 Å². The second-order valence-corrected chi connectivity index (χ2v) is 7.36. The van der Waals surface area contributed by atoms with Crippen molar-refractivity contribution in [3.8, 4) is 5.75 Å². The molecule has 0 radical (unpaired) electrons. The Morgan fingerprint density at radius 3 is 2.28 bits per heavy atom. The topological polar surface area (TPSA) is 78.0 Å². The molecule has 0 saturated carbocycles. The number of nitrogens with one attached hydrogen (secondary N) is 3. The van der Waals surface area contributed by atoms with E-state index < -0.39 is 0 Å². The van der Waals surface area contributed by atoms with Gasteiger partial charge in [0.05, 0.1) is 13.2 Å². The highest BCUT2D eigenvalue weighted by Crippen LogP contribution is 2.26. The Bertz CT molecular complexity index is 630. The van der Waals surface area contributed by atoms with Crippen molar-refractivity contribution in [1.82, 2.24) is 20.9 Å².